The first-order chi connectivity index (χ1) is 15.9. The fourth-order valence-electron chi connectivity index (χ4n) is 3.23. The largest absolute Gasteiger partial charge is 0.341 e. The van der Waals surface area contributed by atoms with Crippen LogP contribution in [0.25, 0.3) is 10.2 Å². The van der Waals surface area contributed by atoms with Gasteiger partial charge >= 0.3 is 0 Å². The highest BCUT2D eigenvalue weighted by atomic mass is 32.1. The lowest BCUT2D eigenvalue weighted by atomic mass is 10.1. The smallest absolute Gasteiger partial charge is 0.270 e. The van der Waals surface area contributed by atoms with Crippen LogP contribution in [0.1, 0.15) is 27.9 Å². The molecule has 4 aromatic rings. The molecule has 0 saturated carbocycles. The average molecular weight is 461 g/mol. The monoisotopic (exact) mass is 460 g/mol. The van der Waals surface area contributed by atoms with Gasteiger partial charge in [-0.3, -0.25) is 19.7 Å². The van der Waals surface area contributed by atoms with Crippen LogP contribution in [0.2, 0.25) is 0 Å². The molecule has 166 valence electrons. The van der Waals surface area contributed by atoms with Crippen molar-refractivity contribution in [3.63, 3.8) is 0 Å². The molecule has 33 heavy (non-hydrogen) atoms. The number of nitrogens with zero attached hydrogens (tertiary/aromatic N) is 2. The molecule has 3 aromatic carbocycles. The van der Waals surface area contributed by atoms with Crippen molar-refractivity contribution in [1.29, 1.82) is 0 Å². The molecule has 1 aromatic heterocycles. The number of nitro groups is 1. The SMILES string of the molecule is C[C@H](NC(=O)c1cccc([N+](=O)[O-])c1)C(=O)Nc1ccc(Cc2nc3ccccc3s2)cc1. The molecule has 0 saturated heterocycles. The van der Waals surface area contributed by atoms with Gasteiger partial charge in [0, 0.05) is 29.8 Å². The van der Waals surface area contributed by atoms with E-state index in [1.807, 2.05) is 36.4 Å². The third-order valence-corrected chi connectivity index (χ3v) is 6.01. The summed E-state index contributed by atoms with van der Waals surface area (Å²) in [5, 5.41) is 17.2. The third-order valence-electron chi connectivity index (χ3n) is 4.98. The molecule has 0 bridgehead atoms. The number of hydrogen-bond donors (Lipinski definition) is 2. The van der Waals surface area contributed by atoms with Crippen molar-refractivity contribution >= 4 is 44.7 Å². The summed E-state index contributed by atoms with van der Waals surface area (Å²) in [4.78, 5) is 39.8. The summed E-state index contributed by atoms with van der Waals surface area (Å²) < 4.78 is 1.15. The van der Waals surface area contributed by atoms with Crippen LogP contribution in [0.15, 0.2) is 72.8 Å². The molecule has 1 atom stereocenters. The molecule has 0 unspecified atom stereocenters. The van der Waals surface area contributed by atoms with Gasteiger partial charge in [0.1, 0.15) is 6.04 Å². The van der Waals surface area contributed by atoms with E-state index in [2.05, 4.69) is 15.6 Å². The molecule has 0 fully saturated rings. The minimum absolute atomic E-state index is 0.114. The standard InChI is InChI=1S/C24H20N4O4S/c1-15(25-24(30)17-5-4-6-19(14-17)28(31)32)23(29)26-18-11-9-16(10-12-18)13-22-27-20-7-2-3-8-21(20)33-22/h2-12,14-15H,13H2,1H3,(H,25,30)(H,26,29)/t15-/m0/s1. The van der Waals surface area contributed by atoms with E-state index in [0.717, 1.165) is 20.8 Å². The number of nitro benzene ring substituents is 1. The van der Waals surface area contributed by atoms with E-state index in [1.165, 1.54) is 24.3 Å². The number of carbonyl (C=O) groups excluding carboxylic acids is 2. The summed E-state index contributed by atoms with van der Waals surface area (Å²) in [6.07, 6.45) is 0.698. The van der Waals surface area contributed by atoms with Crippen LogP contribution < -0.4 is 10.6 Å². The van der Waals surface area contributed by atoms with E-state index >= 15 is 0 Å². The first-order valence-electron chi connectivity index (χ1n) is 10.2. The number of nitrogens with one attached hydrogen (secondary N) is 2. The number of anilines is 1. The number of rotatable bonds is 7. The molecule has 0 spiro atoms. The minimum Gasteiger partial charge on any atom is -0.341 e. The Morgan fingerprint density at radius 3 is 2.55 bits per heavy atom. The molecule has 0 radical (unpaired) electrons. The molecule has 2 amide bonds. The van der Waals surface area contributed by atoms with Gasteiger partial charge in [-0.25, -0.2) is 4.98 Å². The van der Waals surface area contributed by atoms with E-state index in [0.29, 0.717) is 12.1 Å². The molecule has 0 aliphatic heterocycles. The van der Waals surface area contributed by atoms with Crippen molar-refractivity contribution in [3.8, 4) is 0 Å². The van der Waals surface area contributed by atoms with Gasteiger partial charge in [0.05, 0.1) is 20.1 Å². The van der Waals surface area contributed by atoms with Crippen LogP contribution >= 0.6 is 11.3 Å². The van der Waals surface area contributed by atoms with Gasteiger partial charge in [-0.05, 0) is 42.8 Å². The molecular weight excluding hydrogens is 440 g/mol. The average Bonchev–Trinajstić information content (AvgIpc) is 3.22. The first kappa shape index (κ1) is 22.1. The highest BCUT2D eigenvalue weighted by Gasteiger charge is 2.18. The van der Waals surface area contributed by atoms with Crippen LogP contribution in [0.4, 0.5) is 11.4 Å². The Hall–Kier alpha value is -4.11. The first-order valence-corrected chi connectivity index (χ1v) is 11.0. The Labute approximate surface area is 193 Å². The number of thiazole rings is 1. The molecule has 8 nitrogen and oxygen atoms in total. The van der Waals surface area contributed by atoms with Gasteiger partial charge in [0.15, 0.2) is 0 Å². The van der Waals surface area contributed by atoms with Crippen molar-refractivity contribution in [1.82, 2.24) is 10.3 Å². The summed E-state index contributed by atoms with van der Waals surface area (Å²) in [6, 6.07) is 20.0. The van der Waals surface area contributed by atoms with Gasteiger partial charge in [-0.15, -0.1) is 11.3 Å². The van der Waals surface area contributed by atoms with Crippen LogP contribution in [-0.2, 0) is 11.2 Å². The number of aromatic nitrogens is 1. The predicted molar refractivity (Wildman–Crippen MR) is 128 cm³/mol. The van der Waals surface area contributed by atoms with Crippen molar-refractivity contribution < 1.29 is 14.5 Å². The molecular formula is C24H20N4O4S. The van der Waals surface area contributed by atoms with Gasteiger partial charge < -0.3 is 10.6 Å². The van der Waals surface area contributed by atoms with E-state index in [4.69, 9.17) is 0 Å². The quantitative estimate of drug-likeness (QED) is 0.310. The van der Waals surface area contributed by atoms with Gasteiger partial charge in [0.2, 0.25) is 5.91 Å². The van der Waals surface area contributed by atoms with Crippen LogP contribution in [0, 0.1) is 10.1 Å². The number of benzene rings is 3. The number of non-ortho nitro benzene ring substituents is 1. The second-order valence-electron chi connectivity index (χ2n) is 7.44. The lowest BCUT2D eigenvalue weighted by molar-refractivity contribution is -0.384. The zero-order valence-corrected chi connectivity index (χ0v) is 18.5. The fraction of sp³-hybridized carbons (Fsp3) is 0.125. The number of hydrogen-bond acceptors (Lipinski definition) is 6. The maximum absolute atomic E-state index is 12.5. The van der Waals surface area contributed by atoms with Gasteiger partial charge in [0.25, 0.3) is 11.6 Å². The Kier molecular flexibility index (Phi) is 6.41. The highest BCUT2D eigenvalue weighted by Crippen LogP contribution is 2.24. The Morgan fingerprint density at radius 2 is 1.82 bits per heavy atom. The topological polar surface area (TPSA) is 114 Å². The van der Waals surface area contributed by atoms with Crippen molar-refractivity contribution in [2.24, 2.45) is 0 Å². The van der Waals surface area contributed by atoms with Crippen molar-refractivity contribution in [2.45, 2.75) is 19.4 Å². The lowest BCUT2D eigenvalue weighted by Crippen LogP contribution is -2.41. The molecule has 4 rings (SSSR count). The van der Waals surface area contributed by atoms with Crippen molar-refractivity contribution in [3.05, 3.63) is 99.0 Å². The zero-order chi connectivity index (χ0) is 23.4. The number of fused-ring (bicyclic) bond motifs is 1. The Bertz CT molecular complexity index is 1300. The molecule has 1 heterocycles. The third kappa shape index (κ3) is 5.39. The van der Waals surface area contributed by atoms with E-state index in [9.17, 15) is 19.7 Å². The maximum atomic E-state index is 12.5. The second kappa shape index (κ2) is 9.58. The fourth-order valence-corrected chi connectivity index (χ4v) is 4.23. The van der Waals surface area contributed by atoms with Crippen molar-refractivity contribution in [2.75, 3.05) is 5.32 Å². The second-order valence-corrected chi connectivity index (χ2v) is 8.56. The summed E-state index contributed by atoms with van der Waals surface area (Å²) >= 11 is 1.66. The molecule has 0 aliphatic carbocycles. The van der Waals surface area contributed by atoms with E-state index in [-0.39, 0.29) is 11.3 Å². The van der Waals surface area contributed by atoms with Crippen LogP contribution in [0.5, 0.6) is 0 Å². The summed E-state index contributed by atoms with van der Waals surface area (Å²) in [5.41, 5.74) is 2.58. The summed E-state index contributed by atoms with van der Waals surface area (Å²) in [6.45, 7) is 1.55. The van der Waals surface area contributed by atoms with Crippen LogP contribution in [0.3, 0.4) is 0 Å². The summed E-state index contributed by atoms with van der Waals surface area (Å²) in [7, 11) is 0. The van der Waals surface area contributed by atoms with Crippen LogP contribution in [-0.4, -0.2) is 27.8 Å². The number of carbonyl (C=O) groups is 2. The Balaban J connectivity index is 1.34. The molecule has 2 N–H and O–H groups in total. The highest BCUT2D eigenvalue weighted by molar-refractivity contribution is 7.18. The minimum atomic E-state index is -0.834. The van der Waals surface area contributed by atoms with E-state index < -0.39 is 22.8 Å². The summed E-state index contributed by atoms with van der Waals surface area (Å²) in [5.74, 6) is -0.958. The number of para-hydroxylation sites is 1. The normalized spacial score (nSPS) is 11.7. The zero-order valence-electron chi connectivity index (χ0n) is 17.6. The molecule has 9 heteroatoms. The van der Waals surface area contributed by atoms with Gasteiger partial charge in [-0.1, -0.05) is 30.3 Å². The van der Waals surface area contributed by atoms with Gasteiger partial charge in [-0.2, -0.15) is 0 Å². The maximum Gasteiger partial charge on any atom is 0.270 e. The number of amides is 2. The van der Waals surface area contributed by atoms with E-state index in [1.54, 1.807) is 30.4 Å². The Morgan fingerprint density at radius 1 is 1.06 bits per heavy atom. The predicted octanol–water partition coefficient (Wildman–Crippen LogP) is 4.55. The lowest BCUT2D eigenvalue weighted by Gasteiger charge is -2.14. The molecule has 0 aliphatic rings.